The summed E-state index contributed by atoms with van der Waals surface area (Å²) in [5.74, 6) is -1.71. The maximum Gasteiger partial charge on any atom is 0.306 e. The van der Waals surface area contributed by atoms with E-state index in [1.165, 1.54) is 231 Å². The first-order chi connectivity index (χ1) is 34.6. The monoisotopic (exact) mass is 1000 g/mol. The number of carboxylic acids is 1. The first kappa shape index (κ1) is 68.8. The molecule has 0 aliphatic heterocycles. The van der Waals surface area contributed by atoms with E-state index in [1.807, 2.05) is 21.1 Å². The number of esters is 2. The molecule has 8 heteroatoms. The summed E-state index contributed by atoms with van der Waals surface area (Å²) in [7, 11) is 5.44. The molecule has 418 valence electrons. The maximum absolute atomic E-state index is 12.9. The van der Waals surface area contributed by atoms with E-state index in [-0.39, 0.29) is 42.7 Å². The van der Waals surface area contributed by atoms with Crippen molar-refractivity contribution in [2.24, 2.45) is 0 Å². The Morgan fingerprint density at radius 2 is 0.746 bits per heavy atom. The van der Waals surface area contributed by atoms with Crippen LogP contribution >= 0.6 is 0 Å². The molecule has 0 aromatic heterocycles. The van der Waals surface area contributed by atoms with Crippen molar-refractivity contribution in [2.45, 2.75) is 321 Å². The van der Waals surface area contributed by atoms with Crippen LogP contribution in [0.5, 0.6) is 0 Å². The SMILES string of the molecule is CCCCCCC/C=C\C/C=C\CCCCCCCCCCCCCC(=O)OC(COCCC(C(=O)[O-])[N+](C)(C)C)COC(=O)CCCCCCCCCCCCCCCCCCCCCCCCCC. The normalized spacial score (nSPS) is 12.9. The van der Waals surface area contributed by atoms with Gasteiger partial charge in [-0.1, -0.05) is 269 Å². The highest BCUT2D eigenvalue weighted by Crippen LogP contribution is 2.18. The van der Waals surface area contributed by atoms with Gasteiger partial charge in [-0.25, -0.2) is 0 Å². The second-order valence-corrected chi connectivity index (χ2v) is 22.3. The second-order valence-electron chi connectivity index (χ2n) is 22.3. The number of likely N-dealkylation sites (N-methyl/N-ethyl adjacent to an activating group) is 1. The zero-order valence-corrected chi connectivity index (χ0v) is 47.9. The van der Waals surface area contributed by atoms with Crippen molar-refractivity contribution >= 4 is 17.9 Å². The molecule has 0 bridgehead atoms. The molecular formula is C63H119NO7. The molecule has 0 saturated heterocycles. The Hall–Kier alpha value is -2.19. The minimum atomic E-state index is -1.12. The van der Waals surface area contributed by atoms with Crippen molar-refractivity contribution < 1.29 is 38.2 Å². The van der Waals surface area contributed by atoms with E-state index in [2.05, 4.69) is 38.2 Å². The van der Waals surface area contributed by atoms with Crippen LogP contribution in [-0.2, 0) is 28.6 Å². The van der Waals surface area contributed by atoms with Gasteiger partial charge in [-0.05, 0) is 44.9 Å². The number of aliphatic carboxylic acids is 1. The number of carbonyl (C=O) groups excluding carboxylic acids is 3. The molecule has 71 heavy (non-hydrogen) atoms. The van der Waals surface area contributed by atoms with Crippen molar-refractivity contribution in [1.29, 1.82) is 0 Å². The minimum absolute atomic E-state index is 0.0453. The highest BCUT2D eigenvalue weighted by Gasteiger charge is 2.25. The smallest absolute Gasteiger partial charge is 0.306 e. The number of allylic oxidation sites excluding steroid dienone is 4. The first-order valence-corrected chi connectivity index (χ1v) is 30.9. The van der Waals surface area contributed by atoms with Crippen molar-refractivity contribution in [3.8, 4) is 0 Å². The van der Waals surface area contributed by atoms with Crippen LogP contribution in [0.1, 0.15) is 309 Å². The molecule has 0 aromatic rings. The Morgan fingerprint density at radius 1 is 0.423 bits per heavy atom. The van der Waals surface area contributed by atoms with Crippen LogP contribution in [0.15, 0.2) is 24.3 Å². The van der Waals surface area contributed by atoms with Crippen molar-refractivity contribution in [3.63, 3.8) is 0 Å². The average Bonchev–Trinajstić information content (AvgIpc) is 3.34. The summed E-state index contributed by atoms with van der Waals surface area (Å²) >= 11 is 0. The zero-order valence-electron chi connectivity index (χ0n) is 47.9. The van der Waals surface area contributed by atoms with Crippen LogP contribution in [0.3, 0.4) is 0 Å². The Labute approximate surface area is 441 Å². The van der Waals surface area contributed by atoms with Gasteiger partial charge in [-0.2, -0.15) is 0 Å². The quantitative estimate of drug-likeness (QED) is 0.0259. The highest BCUT2D eigenvalue weighted by molar-refractivity contribution is 5.70. The second kappa shape index (κ2) is 54.1. The standard InChI is InChI=1S/C63H119NO7/c1-6-8-10-12-14-16-18-20-22-24-26-28-30-32-33-35-37-39-41-43-45-47-49-51-53-61(65)70-58-59(57-69-56-55-60(63(67)68)64(3,4)5)71-62(66)54-52-50-48-46-44-42-40-38-36-34-31-29-27-25-23-21-19-17-15-13-11-9-7-2/h19,21,25,27,59-60H,6-18,20,22-24,26,28-58H2,1-5H3/b21-19-,27-25-. The molecule has 8 nitrogen and oxygen atoms in total. The molecule has 0 amide bonds. The van der Waals surface area contributed by atoms with Crippen molar-refractivity contribution in [2.75, 3.05) is 41.0 Å². The van der Waals surface area contributed by atoms with E-state index in [1.54, 1.807) is 0 Å². The molecule has 2 unspecified atom stereocenters. The number of carbonyl (C=O) groups is 3. The van der Waals surface area contributed by atoms with Gasteiger partial charge in [0.2, 0.25) is 0 Å². The van der Waals surface area contributed by atoms with Gasteiger partial charge in [-0.3, -0.25) is 9.59 Å². The van der Waals surface area contributed by atoms with Crippen LogP contribution in [0.2, 0.25) is 0 Å². The number of quaternary nitrogens is 1. The average molecular weight is 1000 g/mol. The molecule has 2 atom stereocenters. The third-order valence-electron chi connectivity index (χ3n) is 14.3. The lowest BCUT2D eigenvalue weighted by Gasteiger charge is -2.34. The summed E-state index contributed by atoms with van der Waals surface area (Å²) in [4.78, 5) is 37.2. The van der Waals surface area contributed by atoms with Crippen LogP contribution in [-0.4, -0.2) is 75.5 Å². The number of hydrogen-bond donors (Lipinski definition) is 0. The van der Waals surface area contributed by atoms with E-state index in [4.69, 9.17) is 14.2 Å². The molecule has 0 aromatic carbocycles. The molecule has 0 radical (unpaired) electrons. The summed E-state index contributed by atoms with van der Waals surface area (Å²) < 4.78 is 17.3. The molecule has 0 N–H and O–H groups in total. The van der Waals surface area contributed by atoms with Gasteiger partial charge >= 0.3 is 11.9 Å². The number of carboxylic acid groups (broad SMARTS) is 1. The van der Waals surface area contributed by atoms with E-state index >= 15 is 0 Å². The van der Waals surface area contributed by atoms with Crippen LogP contribution in [0, 0.1) is 0 Å². The summed E-state index contributed by atoms with van der Waals surface area (Å²) in [6.07, 6.45) is 65.2. The van der Waals surface area contributed by atoms with Gasteiger partial charge in [-0.15, -0.1) is 0 Å². The van der Waals surface area contributed by atoms with E-state index in [0.29, 0.717) is 12.8 Å². The Kier molecular flexibility index (Phi) is 52.4. The lowest BCUT2D eigenvalue weighted by atomic mass is 10.0. The van der Waals surface area contributed by atoms with E-state index in [0.717, 1.165) is 44.9 Å². The largest absolute Gasteiger partial charge is 0.544 e. The predicted molar refractivity (Wildman–Crippen MR) is 300 cm³/mol. The summed E-state index contributed by atoms with van der Waals surface area (Å²) in [6, 6.07) is -0.725. The van der Waals surface area contributed by atoms with Gasteiger partial charge in [0.25, 0.3) is 0 Å². The summed E-state index contributed by atoms with van der Waals surface area (Å²) in [6.45, 7) is 4.72. The van der Waals surface area contributed by atoms with Gasteiger partial charge in [0, 0.05) is 19.3 Å². The Bertz CT molecular complexity index is 1210. The number of rotatable bonds is 57. The molecule has 0 heterocycles. The van der Waals surface area contributed by atoms with Gasteiger partial charge in [0.1, 0.15) is 12.6 Å². The molecule has 0 fully saturated rings. The van der Waals surface area contributed by atoms with Gasteiger partial charge in [0.15, 0.2) is 6.10 Å². The third-order valence-corrected chi connectivity index (χ3v) is 14.3. The Balaban J connectivity index is 4.09. The molecule has 0 aliphatic rings. The maximum atomic E-state index is 12.9. The van der Waals surface area contributed by atoms with Gasteiger partial charge in [0.05, 0.1) is 40.3 Å². The molecule has 0 spiro atoms. The van der Waals surface area contributed by atoms with Gasteiger partial charge < -0.3 is 28.6 Å². The molecular weight excluding hydrogens is 883 g/mol. The predicted octanol–water partition coefficient (Wildman–Crippen LogP) is 17.4. The number of hydrogen-bond acceptors (Lipinski definition) is 7. The molecule has 0 aliphatic carbocycles. The fraction of sp³-hybridized carbons (Fsp3) is 0.889. The third kappa shape index (κ3) is 52.5. The van der Waals surface area contributed by atoms with Crippen LogP contribution < -0.4 is 5.11 Å². The van der Waals surface area contributed by atoms with Crippen LogP contribution in [0.25, 0.3) is 0 Å². The van der Waals surface area contributed by atoms with Crippen molar-refractivity contribution in [3.05, 3.63) is 24.3 Å². The Morgan fingerprint density at radius 3 is 1.08 bits per heavy atom. The fourth-order valence-corrected chi connectivity index (χ4v) is 9.58. The molecule has 0 saturated carbocycles. The highest BCUT2D eigenvalue weighted by atomic mass is 16.6. The van der Waals surface area contributed by atoms with E-state index in [9.17, 15) is 19.5 Å². The topological polar surface area (TPSA) is 102 Å². The lowest BCUT2D eigenvalue weighted by molar-refractivity contribution is -0.889. The zero-order chi connectivity index (χ0) is 52.0. The number of unbranched alkanes of at least 4 members (excludes halogenated alkanes) is 39. The van der Waals surface area contributed by atoms with Crippen LogP contribution in [0.4, 0.5) is 0 Å². The van der Waals surface area contributed by atoms with Crippen molar-refractivity contribution in [1.82, 2.24) is 0 Å². The minimum Gasteiger partial charge on any atom is -0.544 e. The molecule has 0 rings (SSSR count). The fourth-order valence-electron chi connectivity index (χ4n) is 9.58. The first-order valence-electron chi connectivity index (χ1n) is 30.9. The lowest BCUT2D eigenvalue weighted by Crippen LogP contribution is -2.55. The number of ether oxygens (including phenoxy) is 3. The number of nitrogens with zero attached hydrogens (tertiary/aromatic N) is 1. The summed E-state index contributed by atoms with van der Waals surface area (Å²) in [5.41, 5.74) is 0. The van der Waals surface area contributed by atoms with E-state index < -0.39 is 18.1 Å². The summed E-state index contributed by atoms with van der Waals surface area (Å²) in [5, 5.41) is 11.7.